The summed E-state index contributed by atoms with van der Waals surface area (Å²) in [7, 11) is 0. The Morgan fingerprint density at radius 3 is 2.75 bits per heavy atom. The van der Waals surface area contributed by atoms with Crippen LogP contribution in [0.5, 0.6) is 0 Å². The van der Waals surface area contributed by atoms with E-state index in [4.69, 9.17) is 11.6 Å². The number of nitrogens with zero attached hydrogens (tertiary/aromatic N) is 1. The molecule has 0 saturated carbocycles. The Labute approximate surface area is 71.5 Å². The molecule has 0 aromatic carbocycles. The number of hydrogen-bond acceptors (Lipinski definition) is 2. The molecule has 1 rings (SSSR count). The van der Waals surface area contributed by atoms with Gasteiger partial charge in [0, 0.05) is 0 Å². The Bertz CT molecular complexity index is 279. The molecule has 2 atom stereocenters. The normalized spacial score (nSPS) is 34.6. The van der Waals surface area contributed by atoms with Gasteiger partial charge >= 0.3 is 5.79 Å². The van der Waals surface area contributed by atoms with Gasteiger partial charge < -0.3 is 0 Å². The first-order chi connectivity index (χ1) is 5.47. The molecule has 0 amide bonds. The van der Waals surface area contributed by atoms with Gasteiger partial charge in [-0.1, -0.05) is 6.08 Å². The quantitative estimate of drug-likeness (QED) is 0.278. The van der Waals surface area contributed by atoms with Crippen molar-refractivity contribution in [1.29, 1.82) is 0 Å². The largest absolute Gasteiger partial charge is 0.400 e. The molecule has 2 unspecified atom stereocenters. The lowest BCUT2D eigenvalue weighted by molar-refractivity contribution is -0.587. The topological polar surface area (TPSA) is 43.1 Å². The molecule has 0 aliphatic heterocycles. The predicted octanol–water partition coefficient (Wildman–Crippen LogP) is 1.96. The third kappa shape index (κ3) is 1.32. The van der Waals surface area contributed by atoms with Crippen LogP contribution < -0.4 is 0 Å². The minimum atomic E-state index is -3.03. The summed E-state index contributed by atoms with van der Waals surface area (Å²) < 4.78 is 25.5. The van der Waals surface area contributed by atoms with Crippen LogP contribution in [0.25, 0.3) is 0 Å². The van der Waals surface area contributed by atoms with Crippen LogP contribution in [0.4, 0.5) is 8.78 Å². The lowest BCUT2D eigenvalue weighted by Gasteiger charge is -2.18. The molecule has 0 fully saturated rings. The second-order valence-corrected chi connectivity index (χ2v) is 2.75. The molecule has 0 radical (unpaired) electrons. The number of nitro groups is 1. The second-order valence-electron chi connectivity index (χ2n) is 2.27. The molecule has 0 saturated heterocycles. The van der Waals surface area contributed by atoms with Crippen molar-refractivity contribution >= 4 is 11.6 Å². The fourth-order valence-electron chi connectivity index (χ4n) is 0.786. The van der Waals surface area contributed by atoms with Crippen molar-refractivity contribution < 1.29 is 13.7 Å². The summed E-state index contributed by atoms with van der Waals surface area (Å²) in [5.74, 6) is -4.02. The van der Waals surface area contributed by atoms with Gasteiger partial charge in [-0.3, -0.25) is 10.1 Å². The summed E-state index contributed by atoms with van der Waals surface area (Å²) in [6, 6.07) is 0. The van der Waals surface area contributed by atoms with E-state index >= 15 is 0 Å². The summed E-state index contributed by atoms with van der Waals surface area (Å²) in [4.78, 5) is 8.88. The predicted molar refractivity (Wildman–Crippen MR) is 38.8 cm³/mol. The zero-order chi connectivity index (χ0) is 9.35. The number of alkyl halides is 2. The van der Waals surface area contributed by atoms with E-state index in [-0.39, 0.29) is 6.08 Å². The summed E-state index contributed by atoms with van der Waals surface area (Å²) in [5, 5.41) is 8.67. The number of rotatable bonds is 1. The van der Waals surface area contributed by atoms with E-state index in [9.17, 15) is 18.9 Å². The lowest BCUT2D eigenvalue weighted by Crippen LogP contribution is -2.40. The van der Waals surface area contributed by atoms with Crippen molar-refractivity contribution in [2.24, 2.45) is 0 Å². The molecule has 6 heteroatoms. The van der Waals surface area contributed by atoms with Crippen LogP contribution in [0.2, 0.25) is 0 Å². The Balaban J connectivity index is 3.05. The van der Waals surface area contributed by atoms with Crippen LogP contribution in [0, 0.1) is 10.1 Å². The van der Waals surface area contributed by atoms with Gasteiger partial charge in [0.25, 0.3) is 0 Å². The number of allylic oxidation sites excluding steroid dienone is 2. The SMILES string of the molecule is O=[N+]([O-])C1(F)C=C(F)C=CC1Cl. The maximum atomic E-state index is 13.1. The Hall–Kier alpha value is -0.970. The first kappa shape index (κ1) is 9.12. The molecular formula is C6H4ClF2NO2. The lowest BCUT2D eigenvalue weighted by atomic mass is 10.1. The van der Waals surface area contributed by atoms with E-state index in [2.05, 4.69) is 0 Å². The Morgan fingerprint density at radius 1 is 1.75 bits per heavy atom. The van der Waals surface area contributed by atoms with Crippen LogP contribution >= 0.6 is 11.6 Å². The Kier molecular flexibility index (Phi) is 2.14. The average Bonchev–Trinajstić information content (AvgIpc) is 1.97. The van der Waals surface area contributed by atoms with Crippen LogP contribution in [-0.2, 0) is 0 Å². The third-order valence-electron chi connectivity index (χ3n) is 1.43. The van der Waals surface area contributed by atoms with Crippen LogP contribution in [0.3, 0.4) is 0 Å². The molecule has 3 nitrogen and oxygen atoms in total. The molecule has 0 bridgehead atoms. The second kappa shape index (κ2) is 2.82. The smallest absolute Gasteiger partial charge is 0.261 e. The Morgan fingerprint density at radius 2 is 2.33 bits per heavy atom. The summed E-state index contributed by atoms with van der Waals surface area (Å²) >= 11 is 5.27. The van der Waals surface area contributed by atoms with Gasteiger partial charge in [0.1, 0.15) is 5.83 Å². The maximum absolute atomic E-state index is 13.1. The minimum absolute atomic E-state index is 0.255. The van der Waals surface area contributed by atoms with Gasteiger partial charge in [-0.05, 0) is 6.08 Å². The summed E-state index contributed by atoms with van der Waals surface area (Å²) in [6.45, 7) is 0. The van der Waals surface area contributed by atoms with Crippen molar-refractivity contribution in [3.05, 3.63) is 34.2 Å². The van der Waals surface area contributed by atoms with E-state index in [1.165, 1.54) is 0 Å². The fraction of sp³-hybridized carbons (Fsp3) is 0.333. The maximum Gasteiger partial charge on any atom is 0.400 e. The van der Waals surface area contributed by atoms with Gasteiger partial charge in [0.15, 0.2) is 5.38 Å². The van der Waals surface area contributed by atoms with Crippen LogP contribution in [0.15, 0.2) is 24.1 Å². The van der Waals surface area contributed by atoms with Gasteiger partial charge in [0.2, 0.25) is 0 Å². The van der Waals surface area contributed by atoms with E-state index in [0.717, 1.165) is 12.2 Å². The molecule has 1 aliphatic rings. The van der Waals surface area contributed by atoms with Crippen LogP contribution in [0.1, 0.15) is 0 Å². The van der Waals surface area contributed by atoms with Crippen molar-refractivity contribution in [3.8, 4) is 0 Å². The highest BCUT2D eigenvalue weighted by Gasteiger charge is 2.49. The monoisotopic (exact) mass is 195 g/mol. The van der Waals surface area contributed by atoms with E-state index < -0.39 is 21.9 Å². The van der Waals surface area contributed by atoms with Crippen molar-refractivity contribution in [3.63, 3.8) is 0 Å². The zero-order valence-corrected chi connectivity index (χ0v) is 6.46. The van der Waals surface area contributed by atoms with Gasteiger partial charge in [-0.25, -0.2) is 4.39 Å². The van der Waals surface area contributed by atoms with Crippen molar-refractivity contribution in [2.45, 2.75) is 11.2 Å². The first-order valence-electron chi connectivity index (χ1n) is 3.01. The van der Waals surface area contributed by atoms with Gasteiger partial charge in [-0.2, -0.15) is 4.39 Å². The minimum Gasteiger partial charge on any atom is -0.261 e. The van der Waals surface area contributed by atoms with Crippen molar-refractivity contribution in [2.75, 3.05) is 0 Å². The standard InChI is InChI=1S/C6H4ClF2NO2/c7-5-2-1-4(8)3-6(5,9)10(11)12/h1-3,5H. The molecule has 0 spiro atoms. The highest BCUT2D eigenvalue weighted by Crippen LogP contribution is 2.30. The highest BCUT2D eigenvalue weighted by atomic mass is 35.5. The summed E-state index contributed by atoms with van der Waals surface area (Å²) in [6.07, 6.45) is 2.04. The molecular weight excluding hydrogens is 192 g/mol. The molecule has 12 heavy (non-hydrogen) atoms. The number of halogens is 3. The fourth-order valence-corrected chi connectivity index (χ4v) is 1.00. The van der Waals surface area contributed by atoms with Gasteiger partial charge in [0.05, 0.1) is 11.0 Å². The van der Waals surface area contributed by atoms with E-state index in [1.54, 1.807) is 0 Å². The molecule has 0 aromatic heterocycles. The van der Waals surface area contributed by atoms with E-state index in [0.29, 0.717) is 0 Å². The van der Waals surface area contributed by atoms with E-state index in [1.807, 2.05) is 0 Å². The average molecular weight is 196 g/mol. The summed E-state index contributed by atoms with van der Waals surface area (Å²) in [5.41, 5.74) is 0. The number of hydrogen-bond donors (Lipinski definition) is 0. The third-order valence-corrected chi connectivity index (χ3v) is 1.88. The van der Waals surface area contributed by atoms with Crippen molar-refractivity contribution in [1.82, 2.24) is 0 Å². The first-order valence-corrected chi connectivity index (χ1v) is 3.44. The molecule has 0 aromatic rings. The zero-order valence-electron chi connectivity index (χ0n) is 5.71. The van der Waals surface area contributed by atoms with Gasteiger partial charge in [-0.15, -0.1) is 11.6 Å². The van der Waals surface area contributed by atoms with Crippen LogP contribution in [-0.4, -0.2) is 16.1 Å². The molecule has 1 aliphatic carbocycles. The molecule has 66 valence electrons. The molecule has 0 N–H and O–H groups in total. The highest BCUT2D eigenvalue weighted by molar-refractivity contribution is 6.22. The molecule has 0 heterocycles.